The van der Waals surface area contributed by atoms with E-state index in [9.17, 15) is 70.6 Å². The molecule has 47 heavy (non-hydrogen) atoms. The second-order valence-electron chi connectivity index (χ2n) is 9.76. The van der Waals surface area contributed by atoms with Crippen molar-refractivity contribution in [1.29, 1.82) is 0 Å². The summed E-state index contributed by atoms with van der Waals surface area (Å²) in [5.74, 6) is -13.8. The average molecular weight is 780 g/mol. The third-order valence-electron chi connectivity index (χ3n) is 6.54. The van der Waals surface area contributed by atoms with Crippen LogP contribution in [0.15, 0.2) is 36.4 Å². The summed E-state index contributed by atoms with van der Waals surface area (Å²) in [7, 11) is 0. The van der Waals surface area contributed by atoms with Crippen molar-refractivity contribution in [2.24, 2.45) is 0 Å². The van der Waals surface area contributed by atoms with Gasteiger partial charge in [-0.15, -0.1) is 0 Å². The molecule has 4 rings (SSSR count). The molecule has 0 radical (unpaired) electrons. The van der Waals surface area contributed by atoms with Crippen LogP contribution in [0.2, 0.25) is 0 Å². The summed E-state index contributed by atoms with van der Waals surface area (Å²) in [5, 5.41) is 109. The van der Waals surface area contributed by atoms with Crippen LogP contribution < -0.4 is 0 Å². The Balaban J connectivity index is 1.69. The number of aliphatic hydroxyl groups is 2. The molecule has 20 heteroatoms. The predicted molar refractivity (Wildman–Crippen MR) is 153 cm³/mol. The highest BCUT2D eigenvalue weighted by molar-refractivity contribution is 14.1. The lowest BCUT2D eigenvalue weighted by Gasteiger charge is -2.48. The summed E-state index contributed by atoms with van der Waals surface area (Å²) in [6, 6.07) is -0.607. The van der Waals surface area contributed by atoms with Crippen molar-refractivity contribution in [3.63, 3.8) is 0 Å². The molecule has 11 N–H and O–H groups in total. The van der Waals surface area contributed by atoms with Crippen LogP contribution in [0, 0.1) is 0 Å². The SMILES string of the molecule is O=C(OC[C@H]1O[C@](F)(OC(=O)c2cc(O)c(O)c(O)c2)[C@](O)(I)[C@@H](OC(=O)c2cc(O)c(O)c(O)c2)[C@@H]1O)c1cc(O)c(O)c(O)c1. The lowest BCUT2D eigenvalue weighted by molar-refractivity contribution is -0.404. The van der Waals surface area contributed by atoms with Crippen LogP contribution in [0.3, 0.4) is 0 Å². The van der Waals surface area contributed by atoms with E-state index in [1.54, 1.807) is 0 Å². The standard InChI is InChI=1S/C27H22FIO18/c28-27(47-25(42)10-5-15(34)20(38)16(35)6-10)26(29,43)22(45-24(41)9-3-13(32)19(37)14(33)4-9)21(39)17(46-27)7-44-23(40)8-1-11(30)18(36)12(31)2-8/h1-6,17,21-22,30-39,43H,7H2/t17-,21-,22+,26+,27+/m1/s1. The minimum atomic E-state index is -4.15. The van der Waals surface area contributed by atoms with E-state index < -0.39 is 121 Å². The van der Waals surface area contributed by atoms with E-state index in [-0.39, 0.29) is 0 Å². The van der Waals surface area contributed by atoms with Gasteiger partial charge in [-0.2, -0.15) is 4.39 Å². The van der Waals surface area contributed by atoms with E-state index in [0.29, 0.717) is 36.4 Å². The van der Waals surface area contributed by atoms with Crippen LogP contribution in [0.4, 0.5) is 4.39 Å². The fraction of sp³-hybridized carbons (Fsp3) is 0.222. The highest BCUT2D eigenvalue weighted by atomic mass is 127. The topological polar surface area (TPSA) is 311 Å². The number of carbonyl (C=O) groups excluding carboxylic acids is 3. The molecule has 1 heterocycles. The zero-order valence-electron chi connectivity index (χ0n) is 22.9. The van der Waals surface area contributed by atoms with Gasteiger partial charge in [-0.1, -0.05) is 0 Å². The highest BCUT2D eigenvalue weighted by Gasteiger charge is 2.69. The molecule has 0 spiro atoms. The summed E-state index contributed by atoms with van der Waals surface area (Å²) in [6.45, 7) is -1.19. The largest absolute Gasteiger partial charge is 0.504 e. The molecule has 0 aromatic heterocycles. The van der Waals surface area contributed by atoms with E-state index in [2.05, 4.69) is 4.74 Å². The zero-order valence-corrected chi connectivity index (χ0v) is 25.1. The second-order valence-corrected chi connectivity index (χ2v) is 11.4. The molecule has 0 amide bonds. The van der Waals surface area contributed by atoms with Gasteiger partial charge in [-0.05, 0) is 59.0 Å². The lowest BCUT2D eigenvalue weighted by Crippen LogP contribution is -2.70. The van der Waals surface area contributed by atoms with E-state index in [4.69, 9.17) is 14.2 Å². The monoisotopic (exact) mass is 780 g/mol. The number of halogens is 2. The molecule has 1 aliphatic heterocycles. The van der Waals surface area contributed by atoms with Crippen molar-refractivity contribution in [3.05, 3.63) is 53.1 Å². The summed E-state index contributed by atoms with van der Waals surface area (Å²) in [6.07, 6.45) is -7.06. The Morgan fingerprint density at radius 2 is 1.06 bits per heavy atom. The zero-order chi connectivity index (χ0) is 35.2. The number of aliphatic hydroxyl groups excluding tert-OH is 1. The number of benzene rings is 3. The second kappa shape index (κ2) is 12.5. The first-order chi connectivity index (χ1) is 21.8. The van der Waals surface area contributed by atoms with Gasteiger partial charge in [0.05, 0.1) is 16.7 Å². The highest BCUT2D eigenvalue weighted by Crippen LogP contribution is 2.48. The van der Waals surface area contributed by atoms with E-state index in [1.807, 2.05) is 0 Å². The van der Waals surface area contributed by atoms with Crippen LogP contribution >= 0.6 is 22.6 Å². The molecule has 3 aromatic carbocycles. The van der Waals surface area contributed by atoms with Gasteiger partial charge in [0, 0.05) is 0 Å². The van der Waals surface area contributed by atoms with Crippen LogP contribution in [-0.4, -0.2) is 109 Å². The minimum absolute atomic E-state index is 0.522. The van der Waals surface area contributed by atoms with Crippen LogP contribution in [0.1, 0.15) is 31.1 Å². The fourth-order valence-corrected chi connectivity index (χ4v) is 4.82. The first-order valence-corrected chi connectivity index (χ1v) is 13.7. The summed E-state index contributed by atoms with van der Waals surface area (Å²) >= 11 is 0.838. The molecular weight excluding hydrogens is 758 g/mol. The molecule has 1 fully saturated rings. The molecule has 0 saturated carbocycles. The maximum atomic E-state index is 16.5. The molecule has 0 bridgehead atoms. The van der Waals surface area contributed by atoms with E-state index in [0.717, 1.165) is 22.6 Å². The Bertz CT molecular complexity index is 1690. The number of hydrogen-bond acceptors (Lipinski definition) is 18. The van der Waals surface area contributed by atoms with Gasteiger partial charge in [0.2, 0.25) is 0 Å². The first-order valence-electron chi connectivity index (χ1n) is 12.6. The number of rotatable bonds is 7. The number of phenolic OH excluding ortho intramolecular Hbond substituents is 9. The summed E-state index contributed by atoms with van der Waals surface area (Å²) in [4.78, 5) is 38.3. The Morgan fingerprint density at radius 1 is 0.702 bits per heavy atom. The Hall–Kier alpha value is -5.19. The van der Waals surface area contributed by atoms with Crippen LogP contribution in [0.25, 0.3) is 0 Å². The predicted octanol–water partition coefficient (Wildman–Crippen LogP) is 0.783. The summed E-state index contributed by atoms with van der Waals surface area (Å²) < 4.78 is 32.8. The number of phenols is 9. The summed E-state index contributed by atoms with van der Waals surface area (Å²) in [5.41, 5.74) is -2.11. The van der Waals surface area contributed by atoms with Gasteiger partial charge in [0.15, 0.2) is 57.8 Å². The molecule has 252 valence electrons. The number of hydrogen-bond donors (Lipinski definition) is 11. The van der Waals surface area contributed by atoms with Crippen molar-refractivity contribution in [1.82, 2.24) is 0 Å². The molecule has 3 aromatic rings. The van der Waals surface area contributed by atoms with Crippen LogP contribution in [-0.2, 0) is 18.9 Å². The van der Waals surface area contributed by atoms with E-state index in [1.165, 1.54) is 0 Å². The smallest absolute Gasteiger partial charge is 0.409 e. The molecule has 5 atom stereocenters. The fourth-order valence-electron chi connectivity index (χ4n) is 4.08. The minimum Gasteiger partial charge on any atom is -0.504 e. The number of esters is 3. The van der Waals surface area contributed by atoms with Crippen molar-refractivity contribution in [2.45, 2.75) is 28.0 Å². The van der Waals surface area contributed by atoms with Crippen LogP contribution in [0.5, 0.6) is 51.7 Å². The lowest BCUT2D eigenvalue weighted by atomic mass is 9.97. The number of alkyl halides is 2. The molecule has 1 saturated heterocycles. The maximum absolute atomic E-state index is 16.5. The van der Waals surface area contributed by atoms with Gasteiger partial charge in [-0.3, -0.25) is 0 Å². The molecular formula is C27H22FIO18. The molecule has 18 nitrogen and oxygen atoms in total. The Kier molecular flexibility index (Phi) is 9.25. The van der Waals surface area contributed by atoms with Gasteiger partial charge in [0.1, 0.15) is 18.8 Å². The number of ether oxygens (including phenoxy) is 4. The van der Waals surface area contributed by atoms with Gasteiger partial charge < -0.3 is 75.1 Å². The number of aromatic hydroxyl groups is 9. The van der Waals surface area contributed by atoms with Crippen molar-refractivity contribution >= 4 is 40.5 Å². The average Bonchev–Trinajstić information content (AvgIpc) is 2.99. The van der Waals surface area contributed by atoms with Crippen molar-refractivity contribution in [2.75, 3.05) is 6.61 Å². The first kappa shape index (κ1) is 34.7. The Labute approximate surface area is 273 Å². The Morgan fingerprint density at radius 3 is 1.47 bits per heavy atom. The number of carbonyl (C=O) groups is 3. The van der Waals surface area contributed by atoms with Gasteiger partial charge in [0.25, 0.3) is 3.61 Å². The van der Waals surface area contributed by atoms with Gasteiger partial charge >= 0.3 is 23.9 Å². The molecule has 1 aliphatic rings. The maximum Gasteiger partial charge on any atom is 0.409 e. The molecule has 0 unspecified atom stereocenters. The van der Waals surface area contributed by atoms with Crippen molar-refractivity contribution < 1.29 is 93.9 Å². The molecule has 0 aliphatic carbocycles. The van der Waals surface area contributed by atoms with Gasteiger partial charge in [-0.25, -0.2) is 14.4 Å². The third kappa shape index (κ3) is 6.56. The quantitative estimate of drug-likeness (QED) is 0.0519. The normalized spacial score (nSPS) is 23.9. The third-order valence-corrected chi connectivity index (χ3v) is 7.80. The van der Waals surface area contributed by atoms with E-state index >= 15 is 4.39 Å². The van der Waals surface area contributed by atoms with Crippen molar-refractivity contribution in [3.8, 4) is 51.7 Å².